The molecule has 2 aliphatic rings. The fraction of sp³-hybridized carbons (Fsp3) is 0.371. The number of anilines is 2. The molecule has 1 amide bonds. The summed E-state index contributed by atoms with van der Waals surface area (Å²) in [6.07, 6.45) is 0. The first-order chi connectivity index (χ1) is 22.7. The van der Waals surface area contributed by atoms with Crippen LogP contribution in [0, 0.1) is 5.82 Å². The van der Waals surface area contributed by atoms with Gasteiger partial charge in [0.25, 0.3) is 0 Å². The summed E-state index contributed by atoms with van der Waals surface area (Å²) in [5.41, 5.74) is 3.30. The van der Waals surface area contributed by atoms with Gasteiger partial charge in [0.05, 0.1) is 11.4 Å². The zero-order chi connectivity index (χ0) is 33.1. The third-order valence-corrected chi connectivity index (χ3v) is 11.0. The van der Waals surface area contributed by atoms with E-state index in [9.17, 15) is 22.4 Å². The Morgan fingerprint density at radius 2 is 1.47 bits per heavy atom. The number of sulfonamides is 1. The molecular weight excluding hydrogens is 621 g/mol. The van der Waals surface area contributed by atoms with Gasteiger partial charge in [0, 0.05) is 93.8 Å². The topological polar surface area (TPSA) is 97.6 Å². The number of fused-ring (bicyclic) bond motifs is 1. The summed E-state index contributed by atoms with van der Waals surface area (Å²) in [4.78, 5) is 34.7. The quantitative estimate of drug-likeness (QED) is 0.232. The van der Waals surface area contributed by atoms with E-state index in [-0.39, 0.29) is 36.2 Å². The fourth-order valence-corrected chi connectivity index (χ4v) is 7.69. The lowest BCUT2D eigenvalue weighted by atomic mass is 10.1. The molecule has 2 aliphatic heterocycles. The molecule has 3 aromatic carbocycles. The van der Waals surface area contributed by atoms with Crippen molar-refractivity contribution in [2.45, 2.75) is 18.7 Å². The standard InChI is InChI=1S/C35H40FN5O5S/c1-3-38(4-2)30-12-7-27-23-33(46-32(27)24-30)35(43)26-5-10-29(11-6-26)39-17-19-40(20-18-39)34(42)25-37-15-21-41(22-16-37)47(44,45)31-13-8-28(36)9-14-31/h5-14,23-24H,3-4,15-22,25H2,1-2H3. The van der Waals surface area contributed by atoms with Gasteiger partial charge >= 0.3 is 0 Å². The maximum absolute atomic E-state index is 13.2. The lowest BCUT2D eigenvalue weighted by Crippen LogP contribution is -2.54. The first kappa shape index (κ1) is 32.7. The Bertz CT molecular complexity index is 1820. The van der Waals surface area contributed by atoms with Crippen LogP contribution in [0.4, 0.5) is 15.8 Å². The van der Waals surface area contributed by atoms with Crippen LogP contribution in [0.5, 0.6) is 0 Å². The molecule has 3 heterocycles. The lowest BCUT2D eigenvalue weighted by Gasteiger charge is -2.38. The van der Waals surface area contributed by atoms with E-state index in [1.54, 1.807) is 6.07 Å². The van der Waals surface area contributed by atoms with Crippen molar-refractivity contribution in [3.8, 4) is 0 Å². The van der Waals surface area contributed by atoms with Gasteiger partial charge in [-0.25, -0.2) is 12.8 Å². The molecule has 0 saturated carbocycles. The highest BCUT2D eigenvalue weighted by Gasteiger charge is 2.30. The van der Waals surface area contributed by atoms with Gasteiger partial charge in [-0.3, -0.25) is 14.5 Å². The summed E-state index contributed by atoms with van der Waals surface area (Å²) in [6, 6.07) is 20.2. The van der Waals surface area contributed by atoms with Crippen LogP contribution in [-0.4, -0.2) is 106 Å². The second kappa shape index (κ2) is 13.8. The number of piperazine rings is 2. The Morgan fingerprint density at radius 3 is 2.11 bits per heavy atom. The van der Waals surface area contributed by atoms with Crippen LogP contribution in [0.1, 0.15) is 30.0 Å². The normalized spacial score (nSPS) is 16.5. The number of rotatable bonds is 10. The SMILES string of the molecule is CCN(CC)c1ccc2cc(C(=O)c3ccc(N4CCN(C(=O)CN5CCN(S(=O)(=O)c6ccc(F)cc6)CC5)CC4)cc3)oc2c1. The van der Waals surface area contributed by atoms with Crippen LogP contribution < -0.4 is 9.80 Å². The number of carbonyl (C=O) groups excluding carboxylic acids is 2. The van der Waals surface area contributed by atoms with Crippen molar-refractivity contribution in [2.24, 2.45) is 0 Å². The minimum atomic E-state index is -3.70. The molecule has 0 radical (unpaired) electrons. The van der Waals surface area contributed by atoms with Gasteiger partial charge < -0.3 is 19.1 Å². The fourth-order valence-electron chi connectivity index (χ4n) is 6.27. The first-order valence-corrected chi connectivity index (χ1v) is 17.5. The number of furan rings is 1. The predicted octanol–water partition coefficient (Wildman–Crippen LogP) is 4.30. The third kappa shape index (κ3) is 7.04. The molecule has 0 bridgehead atoms. The Hall–Kier alpha value is -4.26. The molecule has 0 unspecified atom stereocenters. The number of halogens is 1. The monoisotopic (exact) mass is 661 g/mol. The Kier molecular flexibility index (Phi) is 9.62. The predicted molar refractivity (Wildman–Crippen MR) is 180 cm³/mol. The minimum absolute atomic E-state index is 0.0236. The molecule has 6 rings (SSSR count). The number of hydrogen-bond acceptors (Lipinski definition) is 8. The average Bonchev–Trinajstić information content (AvgIpc) is 3.53. The van der Waals surface area contributed by atoms with Crippen molar-refractivity contribution in [1.29, 1.82) is 0 Å². The number of amides is 1. The van der Waals surface area contributed by atoms with Gasteiger partial charge in [0.2, 0.25) is 21.7 Å². The van der Waals surface area contributed by atoms with E-state index < -0.39 is 15.8 Å². The van der Waals surface area contributed by atoms with Gasteiger partial charge in [-0.15, -0.1) is 0 Å². The average molecular weight is 662 g/mol. The highest BCUT2D eigenvalue weighted by molar-refractivity contribution is 7.89. The number of carbonyl (C=O) groups is 2. The van der Waals surface area contributed by atoms with E-state index in [1.807, 2.05) is 46.2 Å². The van der Waals surface area contributed by atoms with Crippen molar-refractivity contribution >= 4 is 44.1 Å². The van der Waals surface area contributed by atoms with Crippen molar-refractivity contribution in [2.75, 3.05) is 81.8 Å². The number of hydrogen-bond donors (Lipinski definition) is 0. The molecule has 0 aliphatic carbocycles. The molecule has 0 spiro atoms. The van der Waals surface area contributed by atoms with Gasteiger partial charge in [-0.2, -0.15) is 4.31 Å². The van der Waals surface area contributed by atoms with Gasteiger partial charge in [0.15, 0.2) is 5.76 Å². The summed E-state index contributed by atoms with van der Waals surface area (Å²) in [6.45, 7) is 10.2. The largest absolute Gasteiger partial charge is 0.452 e. The van der Waals surface area contributed by atoms with Crippen LogP contribution in [-0.2, 0) is 14.8 Å². The van der Waals surface area contributed by atoms with Crippen LogP contribution in [0.15, 0.2) is 82.1 Å². The zero-order valence-electron chi connectivity index (χ0n) is 26.8. The zero-order valence-corrected chi connectivity index (χ0v) is 27.6. The van der Waals surface area contributed by atoms with Crippen molar-refractivity contribution in [1.82, 2.24) is 14.1 Å². The summed E-state index contributed by atoms with van der Waals surface area (Å²) in [5, 5.41) is 0.894. The van der Waals surface area contributed by atoms with Gasteiger partial charge in [-0.1, -0.05) is 0 Å². The van der Waals surface area contributed by atoms with E-state index >= 15 is 0 Å². The maximum atomic E-state index is 13.2. The molecule has 0 N–H and O–H groups in total. The Morgan fingerprint density at radius 1 is 0.809 bits per heavy atom. The Balaban J connectivity index is 0.986. The lowest BCUT2D eigenvalue weighted by molar-refractivity contribution is -0.133. The minimum Gasteiger partial charge on any atom is -0.452 e. The van der Waals surface area contributed by atoms with Crippen molar-refractivity contribution in [3.05, 3.63) is 89.9 Å². The second-order valence-electron chi connectivity index (χ2n) is 11.9. The highest BCUT2D eigenvalue weighted by atomic mass is 32.2. The molecule has 10 nitrogen and oxygen atoms in total. The molecule has 1 aromatic heterocycles. The van der Waals surface area contributed by atoms with E-state index in [2.05, 4.69) is 29.7 Å². The summed E-state index contributed by atoms with van der Waals surface area (Å²) < 4.78 is 46.4. The molecule has 2 saturated heterocycles. The summed E-state index contributed by atoms with van der Waals surface area (Å²) in [7, 11) is -3.70. The molecule has 12 heteroatoms. The van der Waals surface area contributed by atoms with Crippen molar-refractivity contribution < 1.29 is 26.8 Å². The first-order valence-electron chi connectivity index (χ1n) is 16.1. The van der Waals surface area contributed by atoms with Crippen LogP contribution in [0.3, 0.4) is 0 Å². The number of benzene rings is 3. The summed E-state index contributed by atoms with van der Waals surface area (Å²) in [5.74, 6) is -0.313. The number of nitrogens with zero attached hydrogens (tertiary/aromatic N) is 5. The van der Waals surface area contributed by atoms with Crippen LogP contribution in [0.25, 0.3) is 11.0 Å². The van der Waals surface area contributed by atoms with E-state index in [1.165, 1.54) is 16.4 Å². The van der Waals surface area contributed by atoms with Crippen molar-refractivity contribution in [3.63, 3.8) is 0 Å². The van der Waals surface area contributed by atoms with E-state index in [4.69, 9.17) is 4.42 Å². The summed E-state index contributed by atoms with van der Waals surface area (Å²) >= 11 is 0. The molecule has 2 fully saturated rings. The maximum Gasteiger partial charge on any atom is 0.243 e. The highest BCUT2D eigenvalue weighted by Crippen LogP contribution is 2.27. The van der Waals surface area contributed by atoms with Crippen LogP contribution in [0.2, 0.25) is 0 Å². The van der Waals surface area contributed by atoms with Gasteiger partial charge in [0.1, 0.15) is 11.4 Å². The second-order valence-corrected chi connectivity index (χ2v) is 13.8. The van der Waals surface area contributed by atoms with Crippen LogP contribution >= 0.6 is 0 Å². The van der Waals surface area contributed by atoms with E-state index in [0.717, 1.165) is 42.0 Å². The molecule has 248 valence electrons. The molecular formula is C35H40FN5O5S. The molecule has 4 aromatic rings. The smallest absolute Gasteiger partial charge is 0.243 e. The number of ketones is 1. The molecule has 47 heavy (non-hydrogen) atoms. The Labute approximate surface area is 275 Å². The van der Waals surface area contributed by atoms with E-state index in [0.29, 0.717) is 56.2 Å². The third-order valence-electron chi connectivity index (χ3n) is 9.12. The molecule has 0 atom stereocenters. The van der Waals surface area contributed by atoms with Gasteiger partial charge in [-0.05, 0) is 80.6 Å².